The zero-order valence-corrected chi connectivity index (χ0v) is 18.7. The maximum atomic E-state index is 12.9. The second-order valence-electron chi connectivity index (χ2n) is 8.12. The molecule has 3 aromatic rings. The number of anilines is 1. The van der Waals surface area contributed by atoms with E-state index in [0.717, 1.165) is 10.5 Å². The van der Waals surface area contributed by atoms with Gasteiger partial charge in [0.15, 0.2) is 5.54 Å². The molecular formula is C25H24N4O5. The number of imide groups is 1. The first-order valence-corrected chi connectivity index (χ1v) is 10.7. The quantitative estimate of drug-likeness (QED) is 0.468. The van der Waals surface area contributed by atoms with E-state index in [9.17, 15) is 19.2 Å². The normalized spacial score (nSPS) is 18.4. The molecule has 174 valence electrons. The maximum absolute atomic E-state index is 12.9. The molecule has 1 aliphatic rings. The van der Waals surface area contributed by atoms with E-state index >= 15 is 0 Å². The number of benzene rings is 2. The molecule has 2 unspecified atom stereocenters. The van der Waals surface area contributed by atoms with Crippen molar-refractivity contribution in [1.29, 1.82) is 0 Å². The minimum Gasteiger partial charge on any atom is -0.466 e. The lowest BCUT2D eigenvalue weighted by Gasteiger charge is -2.19. The molecule has 1 aliphatic heterocycles. The van der Waals surface area contributed by atoms with E-state index in [2.05, 4.69) is 16.0 Å². The van der Waals surface area contributed by atoms with Crippen LogP contribution < -0.4 is 16.0 Å². The Morgan fingerprint density at radius 1 is 1.03 bits per heavy atom. The molecule has 1 saturated heterocycles. The molecular weight excluding hydrogens is 436 g/mol. The van der Waals surface area contributed by atoms with Crippen molar-refractivity contribution in [3.63, 3.8) is 0 Å². The fourth-order valence-corrected chi connectivity index (χ4v) is 3.79. The third kappa shape index (κ3) is 4.40. The van der Waals surface area contributed by atoms with E-state index in [1.807, 2.05) is 37.3 Å². The summed E-state index contributed by atoms with van der Waals surface area (Å²) in [6.07, 6.45) is 1.40. The van der Waals surface area contributed by atoms with Gasteiger partial charge >= 0.3 is 6.03 Å². The highest BCUT2D eigenvalue weighted by Gasteiger charge is 2.51. The van der Waals surface area contributed by atoms with Gasteiger partial charge < -0.3 is 20.4 Å². The van der Waals surface area contributed by atoms with Crippen molar-refractivity contribution in [3.8, 4) is 0 Å². The van der Waals surface area contributed by atoms with Gasteiger partial charge in [0, 0.05) is 0 Å². The highest BCUT2D eigenvalue weighted by atomic mass is 16.3. The largest absolute Gasteiger partial charge is 0.466 e. The number of carbonyl (C=O) groups is 4. The van der Waals surface area contributed by atoms with Gasteiger partial charge in [-0.05, 0) is 43.7 Å². The highest BCUT2D eigenvalue weighted by Crippen LogP contribution is 2.29. The van der Waals surface area contributed by atoms with Crippen LogP contribution in [-0.4, -0.2) is 35.2 Å². The molecule has 2 aromatic carbocycles. The first-order valence-electron chi connectivity index (χ1n) is 10.7. The molecule has 9 nitrogen and oxygen atoms in total. The Kier molecular flexibility index (Phi) is 6.18. The summed E-state index contributed by atoms with van der Waals surface area (Å²) < 4.78 is 5.29. The van der Waals surface area contributed by atoms with Gasteiger partial charge in [-0.15, -0.1) is 0 Å². The number of amides is 5. The zero-order chi connectivity index (χ0) is 24.3. The van der Waals surface area contributed by atoms with Crippen molar-refractivity contribution < 1.29 is 23.6 Å². The minimum absolute atomic E-state index is 0.248. The molecule has 0 radical (unpaired) electrons. The second kappa shape index (κ2) is 9.22. The van der Waals surface area contributed by atoms with Gasteiger partial charge in [-0.1, -0.05) is 42.5 Å². The van der Waals surface area contributed by atoms with E-state index in [4.69, 9.17) is 4.42 Å². The van der Waals surface area contributed by atoms with Crippen molar-refractivity contribution in [2.24, 2.45) is 0 Å². The Balaban J connectivity index is 1.44. The molecule has 3 N–H and O–H groups in total. The Morgan fingerprint density at radius 3 is 2.44 bits per heavy atom. The number of urea groups is 1. The van der Waals surface area contributed by atoms with Crippen LogP contribution in [0.2, 0.25) is 0 Å². The number of para-hydroxylation sites is 1. The van der Waals surface area contributed by atoms with Gasteiger partial charge in [-0.2, -0.15) is 0 Å². The molecule has 9 heteroatoms. The van der Waals surface area contributed by atoms with Crippen LogP contribution in [0.5, 0.6) is 0 Å². The Labute approximate surface area is 196 Å². The van der Waals surface area contributed by atoms with Crippen LogP contribution in [0, 0.1) is 0 Å². The monoisotopic (exact) mass is 460 g/mol. The summed E-state index contributed by atoms with van der Waals surface area (Å²) in [6.45, 7) is 2.86. The van der Waals surface area contributed by atoms with Crippen LogP contribution in [0.3, 0.4) is 0 Å². The summed E-state index contributed by atoms with van der Waals surface area (Å²) >= 11 is 0. The molecule has 1 fully saturated rings. The van der Waals surface area contributed by atoms with Crippen LogP contribution >= 0.6 is 0 Å². The average Bonchev–Trinajstić information content (AvgIpc) is 3.44. The van der Waals surface area contributed by atoms with Gasteiger partial charge in [0.25, 0.3) is 11.8 Å². The zero-order valence-electron chi connectivity index (χ0n) is 18.7. The van der Waals surface area contributed by atoms with Crippen LogP contribution in [0.4, 0.5) is 10.5 Å². The summed E-state index contributed by atoms with van der Waals surface area (Å²) in [5.74, 6) is -1.33. The van der Waals surface area contributed by atoms with Crippen LogP contribution in [0.25, 0.3) is 0 Å². The number of rotatable bonds is 7. The van der Waals surface area contributed by atoms with E-state index < -0.39 is 29.9 Å². The number of carbonyl (C=O) groups excluding carboxylic acids is 4. The molecule has 1 aromatic heterocycles. The van der Waals surface area contributed by atoms with Crippen molar-refractivity contribution in [3.05, 3.63) is 89.9 Å². The standard InChI is InChI=1S/C25H24N4O5/c1-16(17-9-4-3-5-10-17)26-22(31)18-11-6-7-12-19(18)27-21(30)15-29-23(32)25(2,28-24(29)33)20-13-8-14-34-20/h3-14,16H,15H2,1-2H3,(H,26,31)(H,27,30)(H,28,33). The van der Waals surface area contributed by atoms with E-state index in [1.165, 1.54) is 13.2 Å². The van der Waals surface area contributed by atoms with E-state index in [-0.39, 0.29) is 29.0 Å². The SMILES string of the molecule is CC(NC(=O)c1ccccc1NC(=O)CN1C(=O)NC(C)(c2ccco2)C1=O)c1ccccc1. The number of furan rings is 1. The van der Waals surface area contributed by atoms with Crippen LogP contribution in [0.15, 0.2) is 77.4 Å². The third-order valence-corrected chi connectivity index (χ3v) is 5.68. The number of hydrogen-bond acceptors (Lipinski definition) is 5. The second-order valence-corrected chi connectivity index (χ2v) is 8.12. The summed E-state index contributed by atoms with van der Waals surface area (Å²) in [6, 6.07) is 18.2. The van der Waals surface area contributed by atoms with Gasteiger partial charge in [0.2, 0.25) is 5.91 Å². The third-order valence-electron chi connectivity index (χ3n) is 5.68. The maximum Gasteiger partial charge on any atom is 0.325 e. The lowest BCUT2D eigenvalue weighted by Crippen LogP contribution is -2.42. The van der Waals surface area contributed by atoms with Crippen molar-refractivity contribution in [2.75, 3.05) is 11.9 Å². The smallest absolute Gasteiger partial charge is 0.325 e. The van der Waals surface area contributed by atoms with Gasteiger partial charge in [-0.25, -0.2) is 4.79 Å². The minimum atomic E-state index is -1.40. The Bertz CT molecular complexity index is 1230. The van der Waals surface area contributed by atoms with Gasteiger partial charge in [-0.3, -0.25) is 19.3 Å². The fourth-order valence-electron chi connectivity index (χ4n) is 3.79. The van der Waals surface area contributed by atoms with Crippen molar-refractivity contribution in [1.82, 2.24) is 15.5 Å². The summed E-state index contributed by atoms with van der Waals surface area (Å²) in [5.41, 5.74) is 0.0737. The van der Waals surface area contributed by atoms with Gasteiger partial charge in [0.05, 0.1) is 23.6 Å². The molecule has 0 saturated carbocycles. The highest BCUT2D eigenvalue weighted by molar-refractivity contribution is 6.11. The lowest BCUT2D eigenvalue weighted by molar-refractivity contribution is -0.134. The fraction of sp³-hybridized carbons (Fsp3) is 0.200. The summed E-state index contributed by atoms with van der Waals surface area (Å²) in [7, 11) is 0. The van der Waals surface area contributed by atoms with Crippen molar-refractivity contribution >= 4 is 29.4 Å². The summed E-state index contributed by atoms with van der Waals surface area (Å²) in [4.78, 5) is 51.8. The first kappa shape index (κ1) is 22.8. The number of nitrogens with one attached hydrogen (secondary N) is 3. The molecule has 4 rings (SSSR count). The Hall–Kier alpha value is -4.40. The molecule has 34 heavy (non-hydrogen) atoms. The number of hydrogen-bond donors (Lipinski definition) is 3. The topological polar surface area (TPSA) is 121 Å². The Morgan fingerprint density at radius 2 is 1.74 bits per heavy atom. The predicted octanol–water partition coefficient (Wildman–Crippen LogP) is 3.18. The molecule has 0 bridgehead atoms. The molecule has 5 amide bonds. The predicted molar refractivity (Wildman–Crippen MR) is 124 cm³/mol. The van der Waals surface area contributed by atoms with Crippen molar-refractivity contribution in [2.45, 2.75) is 25.4 Å². The molecule has 2 heterocycles. The number of nitrogens with zero attached hydrogens (tertiary/aromatic N) is 1. The van der Waals surface area contributed by atoms with Gasteiger partial charge in [0.1, 0.15) is 12.3 Å². The summed E-state index contributed by atoms with van der Waals surface area (Å²) in [5, 5.41) is 8.12. The van der Waals surface area contributed by atoms with E-state index in [0.29, 0.717) is 0 Å². The van der Waals surface area contributed by atoms with Crippen LogP contribution in [0.1, 0.15) is 41.6 Å². The average molecular weight is 460 g/mol. The molecule has 0 spiro atoms. The first-order chi connectivity index (χ1) is 16.3. The lowest BCUT2D eigenvalue weighted by atomic mass is 9.99. The van der Waals surface area contributed by atoms with E-state index in [1.54, 1.807) is 36.4 Å². The van der Waals surface area contributed by atoms with Crippen LogP contribution in [-0.2, 0) is 15.1 Å². The molecule has 0 aliphatic carbocycles. The molecule has 2 atom stereocenters.